The fourth-order valence-electron chi connectivity index (χ4n) is 3.25. The van der Waals surface area contributed by atoms with Gasteiger partial charge in [-0.2, -0.15) is 4.90 Å². The third kappa shape index (κ3) is 4.31. The smallest absolute Gasteiger partial charge is 0.421 e. The van der Waals surface area contributed by atoms with Crippen LogP contribution in [0.4, 0.5) is 9.59 Å². The van der Waals surface area contributed by atoms with Crippen LogP contribution >= 0.6 is 0 Å². The Morgan fingerprint density at radius 1 is 0.931 bits per heavy atom. The van der Waals surface area contributed by atoms with Crippen molar-refractivity contribution in [2.75, 3.05) is 14.2 Å². The molecule has 0 spiro atoms. The molecule has 1 aromatic carbocycles. The molecule has 1 atom stereocenters. The second-order valence-corrected chi connectivity index (χ2v) is 8.82. The predicted octanol–water partition coefficient (Wildman–Crippen LogP) is 3.79. The van der Waals surface area contributed by atoms with Gasteiger partial charge < -0.3 is 18.9 Å². The van der Waals surface area contributed by atoms with Gasteiger partial charge in [0.05, 0.1) is 14.2 Å². The molecule has 0 saturated heterocycles. The fraction of sp³-hybridized carbons (Fsp3) is 0.571. The van der Waals surface area contributed by atoms with E-state index in [0.29, 0.717) is 16.2 Å². The first-order valence-corrected chi connectivity index (χ1v) is 9.28. The highest BCUT2D eigenvalue weighted by molar-refractivity contribution is 6.00. The second-order valence-electron chi connectivity index (χ2n) is 8.82. The maximum atomic E-state index is 13.1. The molecular formula is C21H29NO7. The molecule has 1 aromatic rings. The molecule has 8 heteroatoms. The number of imide groups is 1. The zero-order valence-corrected chi connectivity index (χ0v) is 18.2. The van der Waals surface area contributed by atoms with Gasteiger partial charge in [-0.25, -0.2) is 14.4 Å². The molecule has 0 aromatic heterocycles. The van der Waals surface area contributed by atoms with E-state index >= 15 is 0 Å². The van der Waals surface area contributed by atoms with E-state index < -0.39 is 34.9 Å². The molecule has 1 aliphatic carbocycles. The molecule has 0 aliphatic heterocycles. The highest BCUT2D eigenvalue weighted by atomic mass is 16.6. The minimum atomic E-state index is -1.75. The number of carbonyl (C=O) groups excluding carboxylic acids is 3. The molecule has 8 nitrogen and oxygen atoms in total. The number of methoxy groups -OCH3 is 2. The van der Waals surface area contributed by atoms with E-state index in [-0.39, 0.29) is 6.42 Å². The number of hydrogen-bond acceptors (Lipinski definition) is 7. The highest BCUT2D eigenvalue weighted by Gasteiger charge is 2.62. The van der Waals surface area contributed by atoms with Crippen molar-refractivity contribution in [3.05, 3.63) is 29.3 Å². The molecule has 0 radical (unpaired) electrons. The van der Waals surface area contributed by atoms with Gasteiger partial charge in [-0.05, 0) is 53.2 Å². The Bertz CT molecular complexity index is 791. The Balaban J connectivity index is 2.68. The van der Waals surface area contributed by atoms with Gasteiger partial charge in [0.1, 0.15) is 17.0 Å². The fourth-order valence-corrected chi connectivity index (χ4v) is 3.25. The summed E-state index contributed by atoms with van der Waals surface area (Å²) in [6.45, 7) is 9.99. The van der Waals surface area contributed by atoms with Crippen molar-refractivity contribution in [1.29, 1.82) is 0 Å². The van der Waals surface area contributed by atoms with Crippen LogP contribution in [0, 0.1) is 0 Å². The van der Waals surface area contributed by atoms with Crippen LogP contribution in [-0.4, -0.2) is 48.5 Å². The second kappa shape index (κ2) is 7.57. The lowest BCUT2D eigenvalue weighted by Crippen LogP contribution is -2.64. The maximum Gasteiger partial charge on any atom is 0.421 e. The van der Waals surface area contributed by atoms with Gasteiger partial charge >= 0.3 is 18.2 Å². The topological polar surface area (TPSA) is 91.4 Å². The van der Waals surface area contributed by atoms with Crippen LogP contribution in [0.5, 0.6) is 5.75 Å². The summed E-state index contributed by atoms with van der Waals surface area (Å²) < 4.78 is 21.3. The first-order chi connectivity index (χ1) is 13.3. The highest BCUT2D eigenvalue weighted by Crippen LogP contribution is 2.50. The van der Waals surface area contributed by atoms with Gasteiger partial charge in [0.25, 0.3) is 0 Å². The lowest BCUT2D eigenvalue weighted by molar-refractivity contribution is -0.157. The number of rotatable bonds is 3. The minimum absolute atomic E-state index is 0.0602. The molecule has 0 saturated carbocycles. The average molecular weight is 407 g/mol. The van der Waals surface area contributed by atoms with E-state index in [9.17, 15) is 14.4 Å². The Morgan fingerprint density at radius 3 is 1.86 bits per heavy atom. The number of nitrogens with zero attached hydrogens (tertiary/aromatic N) is 1. The van der Waals surface area contributed by atoms with Crippen molar-refractivity contribution in [2.24, 2.45) is 0 Å². The van der Waals surface area contributed by atoms with Crippen LogP contribution < -0.4 is 4.74 Å². The van der Waals surface area contributed by atoms with Gasteiger partial charge in [0.15, 0.2) is 5.54 Å². The van der Waals surface area contributed by atoms with Crippen molar-refractivity contribution in [1.82, 2.24) is 4.90 Å². The number of benzene rings is 1. The summed E-state index contributed by atoms with van der Waals surface area (Å²) in [4.78, 5) is 39.9. The molecule has 2 rings (SSSR count). The molecule has 0 fully saturated rings. The molecule has 2 amide bonds. The van der Waals surface area contributed by atoms with Crippen molar-refractivity contribution in [3.8, 4) is 5.75 Å². The van der Waals surface area contributed by atoms with Crippen molar-refractivity contribution in [3.63, 3.8) is 0 Å². The van der Waals surface area contributed by atoms with Crippen LogP contribution in [0.2, 0.25) is 0 Å². The van der Waals surface area contributed by atoms with E-state index in [1.165, 1.54) is 14.2 Å². The van der Waals surface area contributed by atoms with Crippen LogP contribution in [0.1, 0.15) is 52.7 Å². The molecule has 0 heterocycles. The molecule has 1 unspecified atom stereocenters. The van der Waals surface area contributed by atoms with E-state index in [2.05, 4.69) is 0 Å². The Hall–Kier alpha value is -2.77. The third-order valence-corrected chi connectivity index (χ3v) is 4.25. The zero-order valence-electron chi connectivity index (χ0n) is 18.2. The summed E-state index contributed by atoms with van der Waals surface area (Å²) in [5, 5.41) is 0. The lowest BCUT2D eigenvalue weighted by atomic mass is 9.69. The first-order valence-electron chi connectivity index (χ1n) is 9.28. The maximum absolute atomic E-state index is 13.1. The summed E-state index contributed by atoms with van der Waals surface area (Å²) in [5.41, 5.74) is -2.41. The third-order valence-electron chi connectivity index (χ3n) is 4.25. The lowest BCUT2D eigenvalue weighted by Gasteiger charge is -2.47. The number of fused-ring (bicyclic) bond motifs is 1. The quantitative estimate of drug-likeness (QED) is 0.556. The average Bonchev–Trinajstić information content (AvgIpc) is 2.54. The summed E-state index contributed by atoms with van der Waals surface area (Å²) in [5.74, 6) is -0.428. The van der Waals surface area contributed by atoms with Crippen LogP contribution in [0.25, 0.3) is 0 Å². The summed E-state index contributed by atoms with van der Waals surface area (Å²) in [7, 11) is 2.64. The van der Waals surface area contributed by atoms with Gasteiger partial charge in [0.2, 0.25) is 0 Å². The molecular weight excluding hydrogens is 378 g/mol. The summed E-state index contributed by atoms with van der Waals surface area (Å²) in [6, 6.07) is 5.21. The monoisotopic (exact) mass is 407 g/mol. The van der Waals surface area contributed by atoms with Gasteiger partial charge in [-0.1, -0.05) is 12.1 Å². The van der Waals surface area contributed by atoms with Gasteiger partial charge in [-0.3, -0.25) is 0 Å². The molecule has 160 valence electrons. The SMILES string of the molecule is COC(=O)C1(N(C(=O)OC(C)(C)C)C(=O)OC(C)(C)C)Cc2cccc(OC)c21. The van der Waals surface area contributed by atoms with Crippen molar-refractivity contribution in [2.45, 2.75) is 64.7 Å². The number of hydrogen-bond donors (Lipinski definition) is 0. The Morgan fingerprint density at radius 2 is 1.45 bits per heavy atom. The zero-order chi connectivity index (χ0) is 22.2. The first kappa shape index (κ1) is 22.5. The van der Waals surface area contributed by atoms with Crippen LogP contribution in [0.3, 0.4) is 0 Å². The normalized spacial score (nSPS) is 18.1. The van der Waals surface area contributed by atoms with E-state index in [4.69, 9.17) is 18.9 Å². The number of amides is 2. The standard InChI is InChI=1S/C21H29NO7/c1-19(2,3)28-17(24)22(18(25)29-20(4,5)6)21(16(23)27-8)12-13-10-9-11-14(26-7)15(13)21/h9-11H,12H2,1-8H3. The molecule has 1 aliphatic rings. The van der Waals surface area contributed by atoms with E-state index in [1.54, 1.807) is 59.7 Å². The molecule has 29 heavy (non-hydrogen) atoms. The minimum Gasteiger partial charge on any atom is -0.496 e. The van der Waals surface area contributed by atoms with E-state index in [0.717, 1.165) is 5.56 Å². The van der Waals surface area contributed by atoms with Crippen molar-refractivity contribution < 1.29 is 33.3 Å². The van der Waals surface area contributed by atoms with E-state index in [1.807, 2.05) is 0 Å². The van der Waals surface area contributed by atoms with Gasteiger partial charge in [-0.15, -0.1) is 0 Å². The van der Waals surface area contributed by atoms with Crippen LogP contribution in [0.15, 0.2) is 18.2 Å². The Kier molecular flexibility index (Phi) is 5.88. The molecule has 0 bridgehead atoms. The summed E-state index contributed by atoms with van der Waals surface area (Å²) in [6.07, 6.45) is -1.95. The van der Waals surface area contributed by atoms with Gasteiger partial charge in [0, 0.05) is 12.0 Å². The van der Waals surface area contributed by atoms with Crippen molar-refractivity contribution >= 4 is 18.2 Å². The Labute approximate surface area is 171 Å². The largest absolute Gasteiger partial charge is 0.496 e. The summed E-state index contributed by atoms with van der Waals surface area (Å²) >= 11 is 0. The predicted molar refractivity (Wildman–Crippen MR) is 105 cm³/mol. The van der Waals surface area contributed by atoms with Crippen LogP contribution in [-0.2, 0) is 31.0 Å². The molecule has 0 N–H and O–H groups in total. The number of carbonyl (C=O) groups is 3. The number of esters is 1. The number of ether oxygens (including phenoxy) is 4.